The van der Waals surface area contributed by atoms with E-state index in [9.17, 15) is 4.79 Å². The highest BCUT2D eigenvalue weighted by Gasteiger charge is 2.18. The molecule has 5 nitrogen and oxygen atoms in total. The average molecular weight is 329 g/mol. The third kappa shape index (κ3) is 5.51. The molecular formula is C19H27N3O2. The summed E-state index contributed by atoms with van der Waals surface area (Å²) in [5.41, 5.74) is 2.01. The molecule has 2 unspecified atom stereocenters. The Balaban J connectivity index is 1.80. The van der Waals surface area contributed by atoms with E-state index in [1.807, 2.05) is 64.3 Å². The molecule has 1 aromatic carbocycles. The number of aryl methyl sites for hydroxylation is 1. The zero-order chi connectivity index (χ0) is 17.5. The van der Waals surface area contributed by atoms with Crippen LogP contribution in [0.4, 0.5) is 5.69 Å². The molecule has 2 N–H and O–H groups in total. The van der Waals surface area contributed by atoms with E-state index in [0.29, 0.717) is 6.42 Å². The topological polar surface area (TPSA) is 57.5 Å². The van der Waals surface area contributed by atoms with Crippen molar-refractivity contribution in [3.8, 4) is 0 Å². The van der Waals surface area contributed by atoms with Crippen LogP contribution in [0.2, 0.25) is 0 Å². The van der Waals surface area contributed by atoms with Crippen molar-refractivity contribution < 1.29 is 9.21 Å². The number of benzene rings is 1. The summed E-state index contributed by atoms with van der Waals surface area (Å²) in [5, 5.41) is 6.35. The molecule has 1 amide bonds. The van der Waals surface area contributed by atoms with Gasteiger partial charge in [-0.2, -0.15) is 0 Å². The lowest BCUT2D eigenvalue weighted by atomic mass is 10.1. The lowest BCUT2D eigenvalue weighted by molar-refractivity contribution is -0.116. The molecule has 2 aromatic rings. The van der Waals surface area contributed by atoms with Gasteiger partial charge in [-0.3, -0.25) is 9.69 Å². The van der Waals surface area contributed by atoms with Gasteiger partial charge in [-0.25, -0.2) is 0 Å². The van der Waals surface area contributed by atoms with E-state index in [2.05, 4.69) is 15.5 Å². The van der Waals surface area contributed by atoms with Gasteiger partial charge in [0.2, 0.25) is 5.91 Å². The van der Waals surface area contributed by atoms with Crippen LogP contribution >= 0.6 is 0 Å². The Bertz CT molecular complexity index is 621. The second-order valence-corrected chi connectivity index (χ2v) is 6.42. The number of anilines is 1. The Hall–Kier alpha value is -2.11. The first-order chi connectivity index (χ1) is 11.5. The van der Waals surface area contributed by atoms with Gasteiger partial charge in [-0.1, -0.05) is 17.7 Å². The summed E-state index contributed by atoms with van der Waals surface area (Å²) < 4.78 is 5.50. The minimum atomic E-state index is 0.0123. The van der Waals surface area contributed by atoms with Crippen molar-refractivity contribution in [1.29, 1.82) is 0 Å². The number of carbonyl (C=O) groups is 1. The summed E-state index contributed by atoms with van der Waals surface area (Å²) in [4.78, 5) is 14.2. The van der Waals surface area contributed by atoms with E-state index < -0.39 is 0 Å². The van der Waals surface area contributed by atoms with Gasteiger partial charge >= 0.3 is 0 Å². The van der Waals surface area contributed by atoms with Crippen molar-refractivity contribution in [3.05, 3.63) is 54.0 Å². The zero-order valence-electron chi connectivity index (χ0n) is 14.9. The molecular weight excluding hydrogens is 302 g/mol. The molecule has 0 aliphatic carbocycles. The first-order valence-electron chi connectivity index (χ1n) is 8.25. The fraction of sp³-hybridized carbons (Fsp3) is 0.421. The van der Waals surface area contributed by atoms with Crippen LogP contribution < -0.4 is 10.6 Å². The van der Waals surface area contributed by atoms with Crippen LogP contribution in [0.1, 0.15) is 30.7 Å². The molecule has 0 aliphatic rings. The summed E-state index contributed by atoms with van der Waals surface area (Å²) in [6, 6.07) is 11.9. The molecule has 5 heteroatoms. The fourth-order valence-corrected chi connectivity index (χ4v) is 2.53. The summed E-state index contributed by atoms with van der Waals surface area (Å²) in [6.07, 6.45) is 2.11. The summed E-state index contributed by atoms with van der Waals surface area (Å²) in [6.45, 7) is 4.76. The van der Waals surface area contributed by atoms with Gasteiger partial charge in [0.25, 0.3) is 0 Å². The first kappa shape index (κ1) is 18.2. The Morgan fingerprint density at radius 1 is 1.21 bits per heavy atom. The molecule has 0 saturated heterocycles. The van der Waals surface area contributed by atoms with Gasteiger partial charge in [0.05, 0.1) is 12.3 Å². The first-order valence-corrected chi connectivity index (χ1v) is 8.25. The van der Waals surface area contributed by atoms with E-state index in [-0.39, 0.29) is 18.0 Å². The third-order valence-corrected chi connectivity index (χ3v) is 3.98. The van der Waals surface area contributed by atoms with Crippen molar-refractivity contribution >= 4 is 11.6 Å². The van der Waals surface area contributed by atoms with E-state index in [1.165, 1.54) is 5.56 Å². The van der Waals surface area contributed by atoms with Gasteiger partial charge in [0, 0.05) is 24.7 Å². The number of hydrogen-bond donors (Lipinski definition) is 2. The maximum Gasteiger partial charge on any atom is 0.225 e. The number of furan rings is 1. The van der Waals surface area contributed by atoms with E-state index in [0.717, 1.165) is 18.0 Å². The maximum absolute atomic E-state index is 12.1. The van der Waals surface area contributed by atoms with Gasteiger partial charge in [0.1, 0.15) is 5.76 Å². The second kappa shape index (κ2) is 8.66. The molecule has 2 rings (SSSR count). The smallest absolute Gasteiger partial charge is 0.225 e. The third-order valence-electron chi connectivity index (χ3n) is 3.98. The van der Waals surface area contributed by atoms with Crippen molar-refractivity contribution in [3.63, 3.8) is 0 Å². The van der Waals surface area contributed by atoms with Crippen molar-refractivity contribution in [1.82, 2.24) is 10.2 Å². The molecule has 0 saturated carbocycles. The molecule has 130 valence electrons. The van der Waals surface area contributed by atoms with Crippen LogP contribution in [0.15, 0.2) is 47.1 Å². The Labute approximate surface area is 144 Å². The molecule has 0 bridgehead atoms. The summed E-state index contributed by atoms with van der Waals surface area (Å²) in [5.74, 6) is 0.932. The maximum atomic E-state index is 12.1. The summed E-state index contributed by atoms with van der Waals surface area (Å²) in [7, 11) is 4.03. The largest absolute Gasteiger partial charge is 0.468 e. The number of amides is 1. The zero-order valence-corrected chi connectivity index (χ0v) is 14.9. The second-order valence-electron chi connectivity index (χ2n) is 6.42. The van der Waals surface area contributed by atoms with Crippen LogP contribution in [-0.2, 0) is 4.79 Å². The molecule has 2 atom stereocenters. The number of rotatable bonds is 8. The Morgan fingerprint density at radius 2 is 1.92 bits per heavy atom. The highest BCUT2D eigenvalue weighted by Crippen LogP contribution is 2.18. The molecule has 0 aliphatic heterocycles. The number of nitrogens with zero attached hydrogens (tertiary/aromatic N) is 1. The molecule has 1 aromatic heterocycles. The van der Waals surface area contributed by atoms with Crippen LogP contribution in [-0.4, -0.2) is 37.5 Å². The molecule has 1 heterocycles. The minimum absolute atomic E-state index is 0.0123. The predicted octanol–water partition coefficient (Wildman–Crippen LogP) is 3.20. The highest BCUT2D eigenvalue weighted by atomic mass is 16.3. The normalized spacial score (nSPS) is 13.7. The van der Waals surface area contributed by atoms with Crippen molar-refractivity contribution in [2.75, 3.05) is 26.0 Å². The van der Waals surface area contributed by atoms with Crippen LogP contribution in [0.5, 0.6) is 0 Å². The van der Waals surface area contributed by atoms with Crippen LogP contribution in [0.25, 0.3) is 0 Å². The van der Waals surface area contributed by atoms with E-state index in [1.54, 1.807) is 6.26 Å². The number of nitrogens with one attached hydrogen (secondary N) is 2. The molecule has 0 spiro atoms. The standard InChI is InChI=1S/C19H27N3O2/c1-14-7-9-16(10-8-14)21-19(23)12-15(2)20-13-17(22(3)4)18-6-5-11-24-18/h5-11,15,17,20H,12-13H2,1-4H3,(H,21,23). The van der Waals surface area contributed by atoms with Crippen molar-refractivity contribution in [2.45, 2.75) is 32.4 Å². The van der Waals surface area contributed by atoms with Gasteiger partial charge in [-0.05, 0) is 52.2 Å². The van der Waals surface area contributed by atoms with Crippen LogP contribution in [0.3, 0.4) is 0 Å². The number of hydrogen-bond acceptors (Lipinski definition) is 4. The van der Waals surface area contributed by atoms with Gasteiger partial charge in [-0.15, -0.1) is 0 Å². The number of carbonyl (C=O) groups excluding carboxylic acids is 1. The molecule has 0 radical (unpaired) electrons. The predicted molar refractivity (Wildman–Crippen MR) is 97.0 cm³/mol. The Morgan fingerprint density at radius 3 is 2.50 bits per heavy atom. The monoisotopic (exact) mass is 329 g/mol. The van der Waals surface area contributed by atoms with Gasteiger partial charge in [0.15, 0.2) is 0 Å². The lowest BCUT2D eigenvalue weighted by Gasteiger charge is -2.24. The minimum Gasteiger partial charge on any atom is -0.468 e. The highest BCUT2D eigenvalue weighted by molar-refractivity contribution is 5.91. The molecule has 0 fully saturated rings. The lowest BCUT2D eigenvalue weighted by Crippen LogP contribution is -2.37. The van der Waals surface area contributed by atoms with Gasteiger partial charge < -0.3 is 15.1 Å². The Kier molecular flexibility index (Phi) is 6.58. The van der Waals surface area contributed by atoms with Crippen molar-refractivity contribution in [2.24, 2.45) is 0 Å². The quantitative estimate of drug-likeness (QED) is 0.781. The molecule has 24 heavy (non-hydrogen) atoms. The van der Waals surface area contributed by atoms with E-state index >= 15 is 0 Å². The number of likely N-dealkylation sites (N-methyl/N-ethyl adjacent to an activating group) is 1. The van der Waals surface area contributed by atoms with Crippen LogP contribution in [0, 0.1) is 6.92 Å². The summed E-state index contributed by atoms with van der Waals surface area (Å²) >= 11 is 0. The average Bonchev–Trinajstić information content (AvgIpc) is 3.03. The SMILES string of the molecule is Cc1ccc(NC(=O)CC(C)NCC(c2ccco2)N(C)C)cc1. The van der Waals surface area contributed by atoms with E-state index in [4.69, 9.17) is 4.42 Å². The fourth-order valence-electron chi connectivity index (χ4n) is 2.53.